The lowest BCUT2D eigenvalue weighted by Crippen LogP contribution is -2.41. The number of carbonyl (C=O) groups is 1. The van der Waals surface area contributed by atoms with E-state index in [0.29, 0.717) is 17.8 Å². The van der Waals surface area contributed by atoms with Crippen molar-refractivity contribution in [3.63, 3.8) is 0 Å². The Bertz CT molecular complexity index is 321. The Morgan fingerprint density at radius 3 is 2.68 bits per heavy atom. The Morgan fingerprint density at radius 2 is 2.11 bits per heavy atom. The summed E-state index contributed by atoms with van der Waals surface area (Å²) >= 11 is 0. The monoisotopic (exact) mass is 267 g/mol. The molecule has 0 aromatic rings. The van der Waals surface area contributed by atoms with Crippen LogP contribution in [0.1, 0.15) is 53.4 Å². The summed E-state index contributed by atoms with van der Waals surface area (Å²) in [6.45, 7) is 10.5. The first-order chi connectivity index (χ1) is 8.92. The smallest absolute Gasteiger partial charge is 0.313 e. The van der Waals surface area contributed by atoms with Crippen molar-refractivity contribution in [1.82, 2.24) is 5.32 Å². The summed E-state index contributed by atoms with van der Waals surface area (Å²) in [5, 5.41) is 3.27. The Hall–Kier alpha value is -0.570. The van der Waals surface area contributed by atoms with Gasteiger partial charge in [0.15, 0.2) is 0 Å². The van der Waals surface area contributed by atoms with Crippen molar-refractivity contribution < 1.29 is 9.53 Å². The van der Waals surface area contributed by atoms with E-state index in [1.165, 1.54) is 12.8 Å². The zero-order chi connectivity index (χ0) is 14.0. The summed E-state index contributed by atoms with van der Waals surface area (Å²) in [5.74, 6) is 1.84. The molecule has 2 rings (SSSR count). The number of ether oxygens (including phenoxy) is 1. The number of hydrogen-bond acceptors (Lipinski definition) is 3. The van der Waals surface area contributed by atoms with E-state index in [1.807, 2.05) is 6.92 Å². The SMILES string of the molecule is CC1CCC(C(C)C)C(OC(=O)C2(C)CCNC2)C1. The lowest BCUT2D eigenvalue weighted by molar-refractivity contribution is -0.166. The largest absolute Gasteiger partial charge is 0.462 e. The van der Waals surface area contributed by atoms with Gasteiger partial charge in [-0.3, -0.25) is 4.79 Å². The van der Waals surface area contributed by atoms with E-state index in [0.717, 1.165) is 25.9 Å². The van der Waals surface area contributed by atoms with Gasteiger partial charge >= 0.3 is 5.97 Å². The topological polar surface area (TPSA) is 38.3 Å². The van der Waals surface area contributed by atoms with Gasteiger partial charge in [0.2, 0.25) is 0 Å². The third-order valence-electron chi connectivity index (χ3n) is 5.08. The van der Waals surface area contributed by atoms with Crippen LogP contribution < -0.4 is 5.32 Å². The van der Waals surface area contributed by atoms with Crippen molar-refractivity contribution in [2.24, 2.45) is 23.2 Å². The highest BCUT2D eigenvalue weighted by Gasteiger charge is 2.41. The second-order valence-corrected chi connectivity index (χ2v) is 7.26. The van der Waals surface area contributed by atoms with Crippen LogP contribution in [0.5, 0.6) is 0 Å². The van der Waals surface area contributed by atoms with Gasteiger partial charge in [-0.15, -0.1) is 0 Å². The van der Waals surface area contributed by atoms with Gasteiger partial charge < -0.3 is 10.1 Å². The zero-order valence-electron chi connectivity index (χ0n) is 12.9. The molecule has 3 heteroatoms. The third-order valence-corrected chi connectivity index (χ3v) is 5.08. The molecule has 0 bridgehead atoms. The molecule has 19 heavy (non-hydrogen) atoms. The van der Waals surface area contributed by atoms with Gasteiger partial charge in [-0.2, -0.15) is 0 Å². The molecule has 0 aromatic carbocycles. The maximum absolute atomic E-state index is 12.4. The summed E-state index contributed by atoms with van der Waals surface area (Å²) in [4.78, 5) is 12.4. The van der Waals surface area contributed by atoms with Gasteiger partial charge in [-0.1, -0.05) is 27.2 Å². The van der Waals surface area contributed by atoms with E-state index in [1.54, 1.807) is 0 Å². The molecule has 1 heterocycles. The van der Waals surface area contributed by atoms with E-state index in [4.69, 9.17) is 4.74 Å². The second kappa shape index (κ2) is 5.82. The van der Waals surface area contributed by atoms with Crippen molar-refractivity contribution in [2.45, 2.75) is 59.5 Å². The van der Waals surface area contributed by atoms with E-state index in [-0.39, 0.29) is 17.5 Å². The Labute approximate surface area is 117 Å². The predicted octanol–water partition coefficient (Wildman–Crippen LogP) is 2.99. The molecule has 1 aliphatic heterocycles. The van der Waals surface area contributed by atoms with Gasteiger partial charge in [0.05, 0.1) is 5.41 Å². The lowest BCUT2D eigenvalue weighted by atomic mass is 9.75. The van der Waals surface area contributed by atoms with Crippen LogP contribution in [0.3, 0.4) is 0 Å². The second-order valence-electron chi connectivity index (χ2n) is 7.26. The predicted molar refractivity (Wildman–Crippen MR) is 76.8 cm³/mol. The van der Waals surface area contributed by atoms with Gasteiger partial charge in [-0.05, 0) is 50.5 Å². The van der Waals surface area contributed by atoms with Gasteiger partial charge in [0.25, 0.3) is 0 Å². The van der Waals surface area contributed by atoms with Gasteiger partial charge in [0, 0.05) is 6.54 Å². The highest BCUT2D eigenvalue weighted by atomic mass is 16.5. The molecule has 1 saturated carbocycles. The van der Waals surface area contributed by atoms with Gasteiger partial charge in [-0.25, -0.2) is 0 Å². The van der Waals surface area contributed by atoms with Crippen molar-refractivity contribution in [2.75, 3.05) is 13.1 Å². The molecule has 1 aliphatic carbocycles. The molecular weight excluding hydrogens is 238 g/mol. The third kappa shape index (κ3) is 3.31. The molecule has 1 saturated heterocycles. The molecule has 3 nitrogen and oxygen atoms in total. The van der Waals surface area contributed by atoms with Crippen LogP contribution in [-0.4, -0.2) is 25.2 Å². The summed E-state index contributed by atoms with van der Waals surface area (Å²) in [5.41, 5.74) is -0.303. The maximum Gasteiger partial charge on any atom is 0.313 e. The molecule has 2 aliphatic rings. The molecule has 0 aromatic heterocycles. The Kier molecular flexibility index (Phi) is 4.54. The summed E-state index contributed by atoms with van der Waals surface area (Å²) in [6, 6.07) is 0. The zero-order valence-corrected chi connectivity index (χ0v) is 12.9. The summed E-state index contributed by atoms with van der Waals surface area (Å²) < 4.78 is 5.94. The minimum absolute atomic E-state index is 0.0160. The van der Waals surface area contributed by atoms with E-state index in [9.17, 15) is 4.79 Å². The molecule has 1 N–H and O–H groups in total. The summed E-state index contributed by atoms with van der Waals surface area (Å²) in [6.07, 6.45) is 4.55. The average Bonchev–Trinajstić information content (AvgIpc) is 2.77. The quantitative estimate of drug-likeness (QED) is 0.799. The first-order valence-electron chi connectivity index (χ1n) is 7.84. The van der Waals surface area contributed by atoms with Crippen LogP contribution in [-0.2, 0) is 9.53 Å². The standard InChI is InChI=1S/C16H29NO2/c1-11(2)13-6-5-12(3)9-14(13)19-15(18)16(4)7-8-17-10-16/h11-14,17H,5-10H2,1-4H3. The van der Waals surface area contributed by atoms with E-state index in [2.05, 4.69) is 26.1 Å². The Balaban J connectivity index is 2.00. The number of nitrogens with one attached hydrogen (secondary N) is 1. The van der Waals surface area contributed by atoms with Crippen molar-refractivity contribution in [1.29, 1.82) is 0 Å². The molecule has 4 unspecified atom stereocenters. The highest BCUT2D eigenvalue weighted by molar-refractivity contribution is 5.77. The molecule has 0 amide bonds. The maximum atomic E-state index is 12.4. The van der Waals surface area contributed by atoms with Crippen molar-refractivity contribution in [3.05, 3.63) is 0 Å². The molecule has 110 valence electrons. The first kappa shape index (κ1) is 14.8. The van der Waals surface area contributed by atoms with Crippen LogP contribution in [0.4, 0.5) is 0 Å². The lowest BCUT2D eigenvalue weighted by Gasteiger charge is -2.38. The highest BCUT2D eigenvalue weighted by Crippen LogP contribution is 2.37. The average molecular weight is 267 g/mol. The number of hydrogen-bond donors (Lipinski definition) is 1. The molecule has 4 atom stereocenters. The van der Waals surface area contributed by atoms with Crippen molar-refractivity contribution in [3.8, 4) is 0 Å². The number of rotatable bonds is 3. The number of esters is 1. The van der Waals surface area contributed by atoms with Gasteiger partial charge in [0.1, 0.15) is 6.10 Å². The fourth-order valence-electron chi connectivity index (χ4n) is 3.52. The van der Waals surface area contributed by atoms with Crippen LogP contribution in [0.2, 0.25) is 0 Å². The fourth-order valence-corrected chi connectivity index (χ4v) is 3.52. The van der Waals surface area contributed by atoms with Crippen LogP contribution in [0, 0.1) is 23.2 Å². The van der Waals surface area contributed by atoms with Crippen LogP contribution in [0.25, 0.3) is 0 Å². The first-order valence-corrected chi connectivity index (χ1v) is 7.84. The summed E-state index contributed by atoms with van der Waals surface area (Å²) in [7, 11) is 0. The van der Waals surface area contributed by atoms with E-state index >= 15 is 0 Å². The van der Waals surface area contributed by atoms with Crippen LogP contribution >= 0.6 is 0 Å². The number of carbonyl (C=O) groups excluding carboxylic acids is 1. The minimum atomic E-state index is -0.303. The molecular formula is C16H29NO2. The van der Waals surface area contributed by atoms with Crippen molar-refractivity contribution >= 4 is 5.97 Å². The Morgan fingerprint density at radius 1 is 1.37 bits per heavy atom. The molecule has 0 spiro atoms. The normalized spacial score (nSPS) is 39.5. The fraction of sp³-hybridized carbons (Fsp3) is 0.938. The molecule has 2 fully saturated rings. The minimum Gasteiger partial charge on any atom is -0.462 e. The van der Waals surface area contributed by atoms with E-state index < -0.39 is 0 Å². The van der Waals surface area contributed by atoms with Crippen LogP contribution in [0.15, 0.2) is 0 Å². The molecule has 0 radical (unpaired) electrons.